The van der Waals surface area contributed by atoms with Crippen molar-refractivity contribution in [1.29, 1.82) is 0 Å². The number of rotatable bonds is 15. The summed E-state index contributed by atoms with van der Waals surface area (Å²) in [6, 6.07) is 12.6. The SMILES string of the molecule is CC(C)(C)[C@H](c1cc(-c2cc(F)ccc2F)cn1Cc1ccccc1)N(C[C@@H]1CN(C(=O)OCCS(C)(C)C)C[C@@H]1F)C(=O)CSC[C@H](N)C(=O)O. The second-order valence-corrected chi connectivity index (χ2v) is 20.9. The lowest BCUT2D eigenvalue weighted by Crippen LogP contribution is -2.47. The fraction of sp³-hybridized carbons (Fsp3) is 0.500. The van der Waals surface area contributed by atoms with Gasteiger partial charge >= 0.3 is 12.1 Å². The number of nitrogens with zero attached hydrogens (tertiary/aromatic N) is 3. The van der Waals surface area contributed by atoms with Crippen molar-refractivity contribution in [3.8, 4) is 11.1 Å². The van der Waals surface area contributed by atoms with Crippen molar-refractivity contribution in [2.45, 2.75) is 45.6 Å². The molecule has 0 aliphatic carbocycles. The van der Waals surface area contributed by atoms with Crippen LogP contribution in [0.5, 0.6) is 0 Å². The molecule has 0 radical (unpaired) electrons. The van der Waals surface area contributed by atoms with Crippen LogP contribution in [0.2, 0.25) is 0 Å². The fourth-order valence-electron chi connectivity index (χ4n) is 6.27. The Morgan fingerprint density at radius 1 is 1.08 bits per heavy atom. The van der Waals surface area contributed by atoms with E-state index in [4.69, 9.17) is 10.5 Å². The lowest BCUT2D eigenvalue weighted by molar-refractivity contribution is -0.138. The smallest absolute Gasteiger partial charge is 0.409 e. The van der Waals surface area contributed by atoms with Gasteiger partial charge in [-0.05, 0) is 54.0 Å². The average molecular weight is 765 g/mol. The van der Waals surface area contributed by atoms with Crippen LogP contribution in [0.4, 0.5) is 18.0 Å². The fourth-order valence-corrected chi connectivity index (χ4v) is 7.70. The highest BCUT2D eigenvalue weighted by molar-refractivity contribution is 8.32. The minimum absolute atomic E-state index is 0.0203. The van der Waals surface area contributed by atoms with Crippen LogP contribution in [0.1, 0.15) is 38.1 Å². The van der Waals surface area contributed by atoms with Crippen LogP contribution in [-0.4, -0.2) is 112 Å². The highest BCUT2D eigenvalue weighted by Gasteiger charge is 2.43. The second kappa shape index (κ2) is 17.5. The summed E-state index contributed by atoms with van der Waals surface area (Å²) in [6.07, 6.45) is 6.02. The van der Waals surface area contributed by atoms with Crippen LogP contribution in [0.15, 0.2) is 60.8 Å². The number of carbonyl (C=O) groups is 3. The van der Waals surface area contributed by atoms with Gasteiger partial charge in [0.05, 0.1) is 18.3 Å². The monoisotopic (exact) mass is 764 g/mol. The van der Waals surface area contributed by atoms with Crippen LogP contribution < -0.4 is 5.73 Å². The van der Waals surface area contributed by atoms with Crippen molar-refractivity contribution in [1.82, 2.24) is 14.4 Å². The number of ether oxygens (including phenoxy) is 1. The van der Waals surface area contributed by atoms with Gasteiger partial charge in [0.1, 0.15) is 30.5 Å². The highest BCUT2D eigenvalue weighted by Crippen LogP contribution is 2.42. The molecule has 286 valence electrons. The van der Waals surface area contributed by atoms with E-state index in [9.17, 15) is 23.9 Å². The van der Waals surface area contributed by atoms with E-state index in [2.05, 4.69) is 18.8 Å². The van der Waals surface area contributed by atoms with Gasteiger partial charge in [-0.3, -0.25) is 9.59 Å². The first kappa shape index (κ1) is 41.1. The molecule has 0 saturated carbocycles. The third-order valence-corrected chi connectivity index (χ3v) is 11.3. The minimum Gasteiger partial charge on any atom is -0.480 e. The summed E-state index contributed by atoms with van der Waals surface area (Å²) in [4.78, 5) is 41.6. The molecule has 0 unspecified atom stereocenters. The first-order valence-electron chi connectivity index (χ1n) is 17.1. The van der Waals surface area contributed by atoms with Gasteiger partial charge in [0.2, 0.25) is 5.91 Å². The zero-order valence-electron chi connectivity index (χ0n) is 30.7. The number of carboxylic acids is 1. The van der Waals surface area contributed by atoms with Gasteiger partial charge in [-0.2, -0.15) is 0 Å². The molecule has 1 saturated heterocycles. The van der Waals surface area contributed by atoms with Crippen LogP contribution in [0.25, 0.3) is 11.1 Å². The van der Waals surface area contributed by atoms with Crippen molar-refractivity contribution in [3.05, 3.63) is 83.7 Å². The van der Waals surface area contributed by atoms with Crippen LogP contribution in [-0.2, 0) is 20.9 Å². The van der Waals surface area contributed by atoms with Gasteiger partial charge < -0.3 is 29.9 Å². The molecule has 52 heavy (non-hydrogen) atoms. The maximum Gasteiger partial charge on any atom is 0.409 e. The summed E-state index contributed by atoms with van der Waals surface area (Å²) in [5.74, 6) is -2.98. The summed E-state index contributed by atoms with van der Waals surface area (Å²) in [5.41, 5.74) is 7.04. The highest BCUT2D eigenvalue weighted by atomic mass is 32.3. The van der Waals surface area contributed by atoms with E-state index in [-0.39, 0.29) is 49.2 Å². The molecular formula is C38H51F3N4O5S2. The number of amides is 2. The Balaban J connectivity index is 1.75. The molecular weight excluding hydrogens is 714 g/mol. The van der Waals surface area contributed by atoms with Crippen molar-refractivity contribution >= 4 is 39.8 Å². The first-order valence-corrected chi connectivity index (χ1v) is 21.3. The number of hydrogen-bond donors (Lipinski definition) is 2. The summed E-state index contributed by atoms with van der Waals surface area (Å²) in [5, 5.41) is 9.30. The minimum atomic E-state index is -1.45. The van der Waals surface area contributed by atoms with E-state index in [0.717, 1.165) is 41.3 Å². The van der Waals surface area contributed by atoms with Crippen molar-refractivity contribution in [3.63, 3.8) is 0 Å². The van der Waals surface area contributed by atoms with Gasteiger partial charge in [0.15, 0.2) is 0 Å². The number of hydrogen-bond acceptors (Lipinski definition) is 6. The first-order chi connectivity index (χ1) is 24.3. The molecule has 4 rings (SSSR count). The molecule has 14 heteroatoms. The Labute approximate surface area is 310 Å². The molecule has 9 nitrogen and oxygen atoms in total. The largest absolute Gasteiger partial charge is 0.480 e. The molecule has 2 heterocycles. The standard InChI is InChI=1S/C38H51F3N4O5S2/c1-38(2,3)35(33-16-26(29-17-28(39)12-13-30(29)40)19-43(33)18-25-10-8-7-9-11-25)45(34(46)24-51-23-32(42)36(47)48)21-27-20-44(22-31(27)41)37(49)50-14-15-52(4,5)6/h7-13,16-17,19,27,31-32,35H,14-15,18,20-24,42H2,1-6H3,(H,47,48)/t27-,31-,32-,35-/m0/s1. The number of carbonyl (C=O) groups excluding carboxylic acids is 2. The molecule has 1 aliphatic heterocycles. The molecule has 2 amide bonds. The number of alkyl halides is 1. The summed E-state index contributed by atoms with van der Waals surface area (Å²) < 4.78 is 52.9. The van der Waals surface area contributed by atoms with Crippen molar-refractivity contribution in [2.24, 2.45) is 17.1 Å². The van der Waals surface area contributed by atoms with Crippen molar-refractivity contribution in [2.75, 3.05) is 62.3 Å². The quantitative estimate of drug-likeness (QED) is 0.178. The lowest BCUT2D eigenvalue weighted by Gasteiger charge is -2.42. The van der Waals surface area contributed by atoms with Gasteiger partial charge in [0.25, 0.3) is 0 Å². The molecule has 1 aliphatic rings. The summed E-state index contributed by atoms with van der Waals surface area (Å²) >= 11 is 1.07. The zero-order chi connectivity index (χ0) is 38.4. The molecule has 0 bridgehead atoms. The third-order valence-electron chi connectivity index (χ3n) is 8.91. The number of benzene rings is 2. The van der Waals surface area contributed by atoms with Gasteiger partial charge in [-0.25, -0.2) is 28.0 Å². The number of halogens is 3. The van der Waals surface area contributed by atoms with E-state index in [1.54, 1.807) is 17.2 Å². The van der Waals surface area contributed by atoms with E-state index in [0.29, 0.717) is 17.8 Å². The normalized spacial score (nSPS) is 17.8. The Morgan fingerprint density at radius 3 is 2.40 bits per heavy atom. The maximum absolute atomic E-state index is 15.9. The van der Waals surface area contributed by atoms with E-state index < -0.39 is 63.3 Å². The molecule has 3 aromatic rings. The van der Waals surface area contributed by atoms with E-state index in [1.807, 2.05) is 55.7 Å². The summed E-state index contributed by atoms with van der Waals surface area (Å²) in [6.45, 7) is 6.19. The number of nitrogens with two attached hydrogens (primary N) is 1. The molecule has 3 N–H and O–H groups in total. The van der Waals surface area contributed by atoms with Crippen LogP contribution in [0, 0.1) is 23.0 Å². The average Bonchev–Trinajstić information content (AvgIpc) is 3.63. The Bertz CT molecular complexity index is 1700. The Kier molecular flexibility index (Phi) is 13.8. The molecule has 1 fully saturated rings. The molecule has 0 spiro atoms. The maximum atomic E-state index is 15.9. The van der Waals surface area contributed by atoms with E-state index >= 15 is 8.78 Å². The molecule has 1 aromatic heterocycles. The topological polar surface area (TPSA) is 118 Å². The van der Waals surface area contributed by atoms with E-state index in [1.165, 1.54) is 4.90 Å². The van der Waals surface area contributed by atoms with Gasteiger partial charge in [-0.1, -0.05) is 51.1 Å². The Morgan fingerprint density at radius 2 is 1.77 bits per heavy atom. The third kappa shape index (κ3) is 11.2. The second-order valence-electron chi connectivity index (χ2n) is 15.3. The number of aliphatic carboxylic acids is 1. The number of likely N-dealkylation sites (tertiary alicyclic amines) is 1. The van der Waals surface area contributed by atoms with Gasteiger partial charge in [0, 0.05) is 60.1 Å². The number of thioether (sulfide) groups is 1. The molecule has 4 atom stereocenters. The van der Waals surface area contributed by atoms with Crippen LogP contribution >= 0.6 is 21.8 Å². The zero-order valence-corrected chi connectivity index (χ0v) is 32.3. The van der Waals surface area contributed by atoms with Crippen LogP contribution in [0.3, 0.4) is 0 Å². The Hall–Kier alpha value is -3.62. The number of aromatic nitrogens is 1. The van der Waals surface area contributed by atoms with Gasteiger partial charge in [-0.15, -0.1) is 11.8 Å². The predicted molar refractivity (Wildman–Crippen MR) is 204 cm³/mol. The summed E-state index contributed by atoms with van der Waals surface area (Å²) in [7, 11) is -0.900. The molecule has 2 aromatic carbocycles. The predicted octanol–water partition coefficient (Wildman–Crippen LogP) is 6.64. The van der Waals surface area contributed by atoms with Crippen molar-refractivity contribution < 1.29 is 37.4 Å². The number of carboxylic acid groups (broad SMARTS) is 1. The lowest BCUT2D eigenvalue weighted by atomic mass is 9.82.